The molecule has 0 saturated heterocycles. The maximum absolute atomic E-state index is 12.3. The molecule has 0 spiro atoms. The number of benzene rings is 2. The number of aryl methyl sites for hydroxylation is 1. The third kappa shape index (κ3) is 3.68. The molecule has 6 nitrogen and oxygen atoms in total. The zero-order valence-electron chi connectivity index (χ0n) is 14.2. The van der Waals surface area contributed by atoms with E-state index in [-0.39, 0.29) is 17.7 Å². The summed E-state index contributed by atoms with van der Waals surface area (Å²) in [5.74, 6) is -0.197. The van der Waals surface area contributed by atoms with Gasteiger partial charge in [0.2, 0.25) is 5.91 Å². The Morgan fingerprint density at radius 1 is 1.24 bits per heavy atom. The first-order valence-corrected chi connectivity index (χ1v) is 8.08. The Bertz CT molecular complexity index is 856. The molecule has 1 unspecified atom stereocenters. The maximum atomic E-state index is 12.3. The molecule has 0 aromatic heterocycles. The average Bonchev–Trinajstić information content (AvgIpc) is 2.58. The summed E-state index contributed by atoms with van der Waals surface area (Å²) in [6, 6.07) is 12.6. The molecular formula is C19H20N4O2. The van der Waals surface area contributed by atoms with Gasteiger partial charge in [-0.15, -0.1) is 0 Å². The standard InChI is InChI=1S/C19H20N4O2/c1-11-9-14(5-8-16(11)20)19(25)21-15-6-3-13(4-7-15)18-12(2)10-17(24)22-23-18/h3-9,12H,10,20H2,1-2H3,(H,21,25)(H,22,24). The van der Waals surface area contributed by atoms with Gasteiger partial charge in [0.25, 0.3) is 5.91 Å². The topological polar surface area (TPSA) is 96.6 Å². The van der Waals surface area contributed by atoms with Crippen LogP contribution >= 0.6 is 0 Å². The van der Waals surface area contributed by atoms with Crippen LogP contribution < -0.4 is 16.5 Å². The predicted octanol–water partition coefficient (Wildman–Crippen LogP) is 2.69. The number of nitrogens with two attached hydrogens (primary N) is 1. The van der Waals surface area contributed by atoms with Gasteiger partial charge in [0, 0.05) is 29.3 Å². The van der Waals surface area contributed by atoms with Crippen LogP contribution in [0.3, 0.4) is 0 Å². The van der Waals surface area contributed by atoms with Gasteiger partial charge in [0.05, 0.1) is 5.71 Å². The summed E-state index contributed by atoms with van der Waals surface area (Å²) in [6.07, 6.45) is 0.424. The van der Waals surface area contributed by atoms with Gasteiger partial charge >= 0.3 is 0 Å². The molecule has 0 aliphatic carbocycles. The fraction of sp³-hybridized carbons (Fsp3) is 0.211. The van der Waals surface area contributed by atoms with Crippen molar-refractivity contribution in [3.63, 3.8) is 0 Å². The fourth-order valence-corrected chi connectivity index (χ4v) is 2.75. The molecule has 25 heavy (non-hydrogen) atoms. The van der Waals surface area contributed by atoms with E-state index < -0.39 is 0 Å². The first kappa shape index (κ1) is 16.7. The average molecular weight is 336 g/mol. The molecule has 0 bridgehead atoms. The largest absolute Gasteiger partial charge is 0.399 e. The zero-order chi connectivity index (χ0) is 18.0. The second-order valence-electron chi connectivity index (χ2n) is 6.24. The molecule has 1 aliphatic rings. The number of hydrogen-bond donors (Lipinski definition) is 3. The Balaban J connectivity index is 1.73. The lowest BCUT2D eigenvalue weighted by Gasteiger charge is -2.19. The second-order valence-corrected chi connectivity index (χ2v) is 6.24. The van der Waals surface area contributed by atoms with Crippen molar-refractivity contribution in [3.8, 4) is 0 Å². The monoisotopic (exact) mass is 336 g/mol. The van der Waals surface area contributed by atoms with E-state index in [4.69, 9.17) is 5.73 Å². The second kappa shape index (κ2) is 6.76. The molecule has 128 valence electrons. The Kier molecular flexibility index (Phi) is 4.52. The number of nitrogens with one attached hydrogen (secondary N) is 2. The van der Waals surface area contributed by atoms with E-state index in [0.29, 0.717) is 23.4 Å². The highest BCUT2D eigenvalue weighted by molar-refractivity contribution is 6.07. The van der Waals surface area contributed by atoms with E-state index >= 15 is 0 Å². The number of nitrogen functional groups attached to an aromatic ring is 1. The number of nitrogens with zero attached hydrogens (tertiary/aromatic N) is 1. The predicted molar refractivity (Wildman–Crippen MR) is 98.4 cm³/mol. The highest BCUT2D eigenvalue weighted by atomic mass is 16.2. The SMILES string of the molecule is Cc1cc(C(=O)Nc2ccc(C3=NNC(=O)CC3C)cc2)ccc1N. The Morgan fingerprint density at radius 3 is 2.60 bits per heavy atom. The molecule has 1 heterocycles. The number of carbonyl (C=O) groups is 2. The normalized spacial score (nSPS) is 16.8. The van der Waals surface area contributed by atoms with Gasteiger partial charge in [0.1, 0.15) is 0 Å². The van der Waals surface area contributed by atoms with Crippen molar-refractivity contribution in [2.75, 3.05) is 11.1 Å². The zero-order valence-corrected chi connectivity index (χ0v) is 14.2. The number of amides is 2. The van der Waals surface area contributed by atoms with Crippen LogP contribution in [0.5, 0.6) is 0 Å². The summed E-state index contributed by atoms with van der Waals surface area (Å²) < 4.78 is 0. The molecule has 1 aliphatic heterocycles. The number of hydrogen-bond acceptors (Lipinski definition) is 4. The lowest BCUT2D eigenvalue weighted by Crippen LogP contribution is -2.31. The number of rotatable bonds is 3. The third-order valence-electron chi connectivity index (χ3n) is 4.23. The summed E-state index contributed by atoms with van der Waals surface area (Å²) in [6.45, 7) is 3.84. The summed E-state index contributed by atoms with van der Waals surface area (Å²) >= 11 is 0. The van der Waals surface area contributed by atoms with Crippen molar-refractivity contribution in [1.82, 2.24) is 5.43 Å². The highest BCUT2D eigenvalue weighted by Crippen LogP contribution is 2.19. The van der Waals surface area contributed by atoms with E-state index in [1.807, 2.05) is 38.1 Å². The van der Waals surface area contributed by atoms with E-state index in [2.05, 4.69) is 15.8 Å². The molecule has 0 saturated carbocycles. The summed E-state index contributed by atoms with van der Waals surface area (Å²) in [7, 11) is 0. The van der Waals surface area contributed by atoms with Gasteiger partial charge in [-0.25, -0.2) is 5.43 Å². The van der Waals surface area contributed by atoms with Crippen LogP contribution in [-0.4, -0.2) is 17.5 Å². The van der Waals surface area contributed by atoms with Crippen molar-refractivity contribution >= 4 is 28.9 Å². The minimum Gasteiger partial charge on any atom is -0.399 e. The van der Waals surface area contributed by atoms with Gasteiger partial charge in [-0.1, -0.05) is 19.1 Å². The van der Waals surface area contributed by atoms with Crippen molar-refractivity contribution in [2.45, 2.75) is 20.3 Å². The van der Waals surface area contributed by atoms with Crippen molar-refractivity contribution in [1.29, 1.82) is 0 Å². The molecule has 2 aromatic rings. The van der Waals surface area contributed by atoms with E-state index in [0.717, 1.165) is 16.8 Å². The Labute approximate surface area is 146 Å². The van der Waals surface area contributed by atoms with Crippen LogP contribution in [0.25, 0.3) is 0 Å². The molecule has 1 atom stereocenters. The highest BCUT2D eigenvalue weighted by Gasteiger charge is 2.21. The van der Waals surface area contributed by atoms with Crippen LogP contribution in [-0.2, 0) is 4.79 Å². The first-order chi connectivity index (χ1) is 11.9. The van der Waals surface area contributed by atoms with Crippen LogP contribution in [0.15, 0.2) is 47.6 Å². The maximum Gasteiger partial charge on any atom is 0.255 e. The number of anilines is 2. The van der Waals surface area contributed by atoms with Gasteiger partial charge in [-0.05, 0) is 48.4 Å². The fourth-order valence-electron chi connectivity index (χ4n) is 2.75. The molecular weight excluding hydrogens is 316 g/mol. The molecule has 6 heteroatoms. The lowest BCUT2D eigenvalue weighted by molar-refractivity contribution is -0.121. The van der Waals surface area contributed by atoms with E-state index in [1.54, 1.807) is 18.2 Å². The van der Waals surface area contributed by atoms with Crippen LogP contribution in [0.2, 0.25) is 0 Å². The molecule has 3 rings (SSSR count). The summed E-state index contributed by atoms with van der Waals surface area (Å²) in [5.41, 5.74) is 12.8. The Morgan fingerprint density at radius 2 is 1.96 bits per heavy atom. The van der Waals surface area contributed by atoms with Crippen molar-refractivity contribution in [2.24, 2.45) is 11.0 Å². The van der Waals surface area contributed by atoms with Crippen molar-refractivity contribution < 1.29 is 9.59 Å². The minimum absolute atomic E-state index is 0.0620. The van der Waals surface area contributed by atoms with E-state index in [1.165, 1.54) is 0 Å². The summed E-state index contributed by atoms with van der Waals surface area (Å²) in [5, 5.41) is 7.00. The third-order valence-corrected chi connectivity index (χ3v) is 4.23. The molecule has 0 radical (unpaired) electrons. The summed E-state index contributed by atoms with van der Waals surface area (Å²) in [4.78, 5) is 23.7. The van der Waals surface area contributed by atoms with E-state index in [9.17, 15) is 9.59 Å². The quantitative estimate of drug-likeness (QED) is 0.752. The lowest BCUT2D eigenvalue weighted by atomic mass is 9.94. The smallest absolute Gasteiger partial charge is 0.255 e. The van der Waals surface area contributed by atoms with Gasteiger partial charge in [0.15, 0.2) is 0 Å². The van der Waals surface area contributed by atoms with Gasteiger partial charge in [-0.2, -0.15) is 5.10 Å². The molecule has 0 fully saturated rings. The number of carbonyl (C=O) groups excluding carboxylic acids is 2. The van der Waals surface area contributed by atoms with Crippen LogP contribution in [0.4, 0.5) is 11.4 Å². The van der Waals surface area contributed by atoms with Crippen LogP contribution in [0, 0.1) is 12.8 Å². The first-order valence-electron chi connectivity index (χ1n) is 8.08. The molecule has 4 N–H and O–H groups in total. The van der Waals surface area contributed by atoms with Crippen LogP contribution in [0.1, 0.15) is 34.8 Å². The van der Waals surface area contributed by atoms with Gasteiger partial charge < -0.3 is 11.1 Å². The van der Waals surface area contributed by atoms with Crippen molar-refractivity contribution in [3.05, 3.63) is 59.2 Å². The number of hydrazone groups is 1. The van der Waals surface area contributed by atoms with Gasteiger partial charge in [-0.3, -0.25) is 9.59 Å². The molecule has 2 amide bonds. The Hall–Kier alpha value is -3.15. The molecule has 2 aromatic carbocycles. The minimum atomic E-state index is -0.188.